The van der Waals surface area contributed by atoms with E-state index < -0.39 is 0 Å². The number of nitrogens with zero attached hydrogens (tertiary/aromatic N) is 2. The quantitative estimate of drug-likeness (QED) is 0.367. The molecule has 0 fully saturated rings. The first kappa shape index (κ1) is 7.72. The Balaban J connectivity index is 3.83. The molecule has 0 rings (SSSR count). The molecule has 0 unspecified atom stereocenters. The molecule has 0 saturated carbocycles. The van der Waals surface area contributed by atoms with E-state index in [4.69, 9.17) is 10.5 Å². The van der Waals surface area contributed by atoms with Crippen LogP contribution in [0.4, 0.5) is 0 Å². The van der Waals surface area contributed by atoms with E-state index in [1.165, 1.54) is 0 Å². The van der Waals surface area contributed by atoms with Gasteiger partial charge in [-0.1, -0.05) is 0 Å². The number of hydrogen-bond acceptors (Lipinski definition) is 2. The summed E-state index contributed by atoms with van der Waals surface area (Å²) in [6.07, 6.45) is 0.264. The molecule has 0 saturated heterocycles. The molecule has 0 spiro atoms. The van der Waals surface area contributed by atoms with Gasteiger partial charge < -0.3 is 0 Å². The summed E-state index contributed by atoms with van der Waals surface area (Å²) in [6.45, 7) is 0. The summed E-state index contributed by atoms with van der Waals surface area (Å²) < 4.78 is 1.78. The molecule has 0 aromatic carbocycles. The molecule has 0 N–H and O–H groups in total. The first-order valence-electron chi connectivity index (χ1n) is 2.27. The van der Waals surface area contributed by atoms with Gasteiger partial charge in [0.15, 0.2) is 0 Å². The number of rotatable bonds is 1. The Kier molecular flexibility index (Phi) is 4.70. The normalized spacial score (nSPS) is 9.75. The molecule has 0 amide bonds. The monoisotopic (exact) mass is 114 g/mol. The first-order chi connectivity index (χ1) is 3.85. The van der Waals surface area contributed by atoms with Gasteiger partial charge in [-0.3, -0.25) is 0 Å². The molecule has 0 aliphatic carbocycles. The molecular weight excluding hydrogens is 111 g/mol. The third-order valence-electron chi connectivity index (χ3n) is 0.762. The van der Waals surface area contributed by atoms with Crippen molar-refractivity contribution in [1.29, 1.82) is 10.5 Å². The zero-order valence-electron chi connectivity index (χ0n) is 4.68. The van der Waals surface area contributed by atoms with E-state index in [1.54, 1.807) is 3.33 Å². The Labute approximate surface area is 65.8 Å². The molecule has 0 aliphatic heterocycles. The molecule has 0 radical (unpaired) electrons. The molecule has 8 heavy (non-hydrogen) atoms. The Bertz CT molecular complexity index is 170. The average molecular weight is 114 g/mol. The van der Waals surface area contributed by atoms with Crippen LogP contribution in [0.25, 0.3) is 0 Å². The summed E-state index contributed by atoms with van der Waals surface area (Å²) in [4.78, 5) is 0. The fourth-order valence-electron chi connectivity index (χ4n) is 0.291. The van der Waals surface area contributed by atoms with E-state index in [-0.39, 0.29) is 6.42 Å². The van der Waals surface area contributed by atoms with E-state index in [0.717, 1.165) is 27.9 Å². The van der Waals surface area contributed by atoms with E-state index in [9.17, 15) is 0 Å². The molecular formula is C5H3N2Na. The van der Waals surface area contributed by atoms with Crippen molar-refractivity contribution < 1.29 is 0 Å². The molecule has 3 heteroatoms. The van der Waals surface area contributed by atoms with Crippen LogP contribution in [0, 0.1) is 22.7 Å². The summed E-state index contributed by atoms with van der Waals surface area (Å²) in [5.41, 5.74) is 0.596. The minimum atomic E-state index is 0.264. The fourth-order valence-corrected chi connectivity index (χ4v) is 0.625. The second kappa shape index (κ2) is 4.87. The van der Waals surface area contributed by atoms with Crippen molar-refractivity contribution in [2.24, 2.45) is 0 Å². The predicted molar refractivity (Wildman–Crippen MR) is 29.7 cm³/mol. The predicted octanol–water partition coefficient (Wildman–Crippen LogP) is 0.476. The Hall–Kier alpha value is -0.280. The van der Waals surface area contributed by atoms with Crippen LogP contribution >= 0.6 is 0 Å². The van der Waals surface area contributed by atoms with Crippen molar-refractivity contribution in [3.8, 4) is 12.1 Å². The van der Waals surface area contributed by atoms with E-state index >= 15 is 0 Å². The van der Waals surface area contributed by atoms with Crippen LogP contribution in [0.5, 0.6) is 0 Å². The van der Waals surface area contributed by atoms with E-state index in [1.807, 2.05) is 12.1 Å². The van der Waals surface area contributed by atoms with Crippen LogP contribution in [0.1, 0.15) is 6.42 Å². The summed E-state index contributed by atoms with van der Waals surface area (Å²) in [7, 11) is 0. The van der Waals surface area contributed by atoms with E-state index in [0.29, 0.717) is 5.57 Å². The van der Waals surface area contributed by atoms with Gasteiger partial charge >= 0.3 is 65.9 Å². The van der Waals surface area contributed by atoms with Gasteiger partial charge in [0.05, 0.1) is 0 Å². The molecule has 0 aliphatic rings. The van der Waals surface area contributed by atoms with Gasteiger partial charge in [-0.25, -0.2) is 0 Å². The molecule has 34 valence electrons. The second-order valence-corrected chi connectivity index (χ2v) is 1.84. The standard InChI is InChI=1S/C5H3N2.Na/c1-5(4-7)2-3-6;/h1H,2H2;. The van der Waals surface area contributed by atoms with Crippen molar-refractivity contribution in [1.82, 2.24) is 0 Å². The SMILES string of the molecule is N#CCC(C#N)=[CH][Na]. The topological polar surface area (TPSA) is 47.6 Å². The molecule has 0 atom stereocenters. The maximum atomic E-state index is 8.21. The Morgan fingerprint density at radius 2 is 2.25 bits per heavy atom. The van der Waals surface area contributed by atoms with Gasteiger partial charge in [-0.05, 0) is 0 Å². The molecule has 0 bridgehead atoms. The minimum absolute atomic E-state index is 0.264. The van der Waals surface area contributed by atoms with Crippen LogP contribution < -0.4 is 0 Å². The Morgan fingerprint density at radius 1 is 1.62 bits per heavy atom. The Morgan fingerprint density at radius 3 is 2.38 bits per heavy atom. The summed E-state index contributed by atoms with van der Waals surface area (Å²) in [5, 5.41) is 16.3. The van der Waals surface area contributed by atoms with Crippen molar-refractivity contribution in [3.63, 3.8) is 0 Å². The van der Waals surface area contributed by atoms with E-state index in [2.05, 4.69) is 0 Å². The van der Waals surface area contributed by atoms with Gasteiger partial charge in [0.2, 0.25) is 0 Å². The van der Waals surface area contributed by atoms with Crippen molar-refractivity contribution in [3.05, 3.63) is 8.90 Å². The number of nitriles is 2. The molecule has 2 nitrogen and oxygen atoms in total. The number of allylic oxidation sites excluding steroid dienone is 1. The van der Waals surface area contributed by atoms with Crippen LogP contribution in [0.15, 0.2) is 8.90 Å². The second-order valence-electron chi connectivity index (χ2n) is 1.26. The zero-order valence-corrected chi connectivity index (χ0v) is 6.68. The van der Waals surface area contributed by atoms with Crippen LogP contribution in [0.3, 0.4) is 0 Å². The molecule has 0 heterocycles. The zero-order chi connectivity index (χ0) is 6.41. The number of hydrogen-bond donors (Lipinski definition) is 0. The third-order valence-corrected chi connectivity index (χ3v) is 1.46. The summed E-state index contributed by atoms with van der Waals surface area (Å²) >= 11 is 0.860. The molecule has 0 aromatic heterocycles. The first-order valence-corrected chi connectivity index (χ1v) is 3.43. The van der Waals surface area contributed by atoms with Crippen LogP contribution in [-0.4, -0.2) is 27.9 Å². The summed E-state index contributed by atoms with van der Waals surface area (Å²) in [6, 6.07) is 3.83. The van der Waals surface area contributed by atoms with Crippen molar-refractivity contribution in [2.75, 3.05) is 0 Å². The van der Waals surface area contributed by atoms with Crippen LogP contribution in [-0.2, 0) is 0 Å². The van der Waals surface area contributed by atoms with Gasteiger partial charge in [0.25, 0.3) is 0 Å². The van der Waals surface area contributed by atoms with Gasteiger partial charge in [-0.15, -0.1) is 0 Å². The van der Waals surface area contributed by atoms with Gasteiger partial charge in [-0.2, -0.15) is 0 Å². The molecule has 0 aromatic rings. The van der Waals surface area contributed by atoms with Crippen molar-refractivity contribution in [2.45, 2.75) is 6.42 Å². The maximum absolute atomic E-state index is 8.21. The van der Waals surface area contributed by atoms with Gasteiger partial charge in [0.1, 0.15) is 0 Å². The average Bonchev–Trinajstić information content (AvgIpc) is 1.83. The van der Waals surface area contributed by atoms with Gasteiger partial charge in [0, 0.05) is 0 Å². The van der Waals surface area contributed by atoms with Crippen molar-refractivity contribution >= 4 is 27.9 Å². The summed E-state index contributed by atoms with van der Waals surface area (Å²) in [5.74, 6) is 0. The third kappa shape index (κ3) is 2.82. The fraction of sp³-hybridized carbons (Fsp3) is 0.200. The van der Waals surface area contributed by atoms with Crippen LogP contribution in [0.2, 0.25) is 0 Å².